The molecule has 0 N–H and O–H groups in total. The summed E-state index contributed by atoms with van der Waals surface area (Å²) in [6.07, 6.45) is 8.20. The number of imidazole rings is 1. The van der Waals surface area contributed by atoms with E-state index in [2.05, 4.69) is 17.1 Å². The molecular weight excluding hydrogens is 512 g/mol. The van der Waals surface area contributed by atoms with Gasteiger partial charge in [0.1, 0.15) is 11.5 Å². The molecule has 2 unspecified atom stereocenters. The zero-order chi connectivity index (χ0) is 27.6. The first kappa shape index (κ1) is 27.3. The van der Waals surface area contributed by atoms with Crippen molar-refractivity contribution in [3.63, 3.8) is 0 Å². The number of carbonyl (C=O) groups is 2. The summed E-state index contributed by atoms with van der Waals surface area (Å²) in [4.78, 5) is 30.9. The van der Waals surface area contributed by atoms with Gasteiger partial charge in [-0.05, 0) is 66.7 Å². The average Bonchev–Trinajstić information content (AvgIpc) is 3.64. The predicted molar refractivity (Wildman–Crippen MR) is 148 cm³/mol. The lowest BCUT2D eigenvalue weighted by molar-refractivity contribution is -0.179. The number of cyclic esters (lactones) is 1. The normalized spacial score (nSPS) is 21.6. The van der Waals surface area contributed by atoms with Crippen LogP contribution in [0.5, 0.6) is 0 Å². The van der Waals surface area contributed by atoms with Gasteiger partial charge < -0.3 is 9.30 Å². The summed E-state index contributed by atoms with van der Waals surface area (Å²) in [7, 11) is -1.90. The van der Waals surface area contributed by atoms with Gasteiger partial charge in [-0.1, -0.05) is 61.9 Å². The van der Waals surface area contributed by atoms with E-state index in [0.29, 0.717) is 12.8 Å². The maximum Gasteiger partial charge on any atom is 0.317 e. The highest BCUT2D eigenvalue weighted by Crippen LogP contribution is 2.45. The number of carbonyl (C=O) groups excluding carboxylic acids is 2. The Labute approximate surface area is 230 Å². The van der Waals surface area contributed by atoms with Gasteiger partial charge in [0.15, 0.2) is 10.8 Å². The lowest BCUT2D eigenvalue weighted by atomic mass is 9.78. The number of ketones is 1. The number of rotatable bonds is 11. The molecule has 2 aromatic carbocycles. The molecule has 2 atom stereocenters. The van der Waals surface area contributed by atoms with Crippen molar-refractivity contribution >= 4 is 21.6 Å². The molecule has 0 spiro atoms. The maximum atomic E-state index is 13.5. The van der Waals surface area contributed by atoms with Crippen molar-refractivity contribution in [2.24, 2.45) is 13.0 Å². The Hall–Kier alpha value is -3.26. The maximum absolute atomic E-state index is 13.5. The first-order chi connectivity index (χ1) is 18.7. The van der Waals surface area contributed by atoms with Crippen molar-refractivity contribution < 1.29 is 22.7 Å². The second kappa shape index (κ2) is 11.1. The van der Waals surface area contributed by atoms with Crippen LogP contribution in [0.25, 0.3) is 0 Å². The molecule has 2 fully saturated rings. The number of ether oxygens (including phenoxy) is 1. The standard InChI is InChI=1S/C31H36N2O5S/c1-3-15-31(16-14-22-8-5-4-6-9-22)18-27(34)26(30(35)38-31)17-24-10-7-11-25(29(24)23-12-13-23)20-39(36,37)28-19-33(2)21-32-28/h4-11,19,21,23,26H,3,12-18,20H2,1-2H3. The monoisotopic (exact) mass is 548 g/mol. The molecular formula is C31H36N2O5S. The van der Waals surface area contributed by atoms with Crippen LogP contribution in [0.1, 0.15) is 73.6 Å². The van der Waals surface area contributed by atoms with Crippen molar-refractivity contribution in [2.45, 2.75) is 80.6 Å². The van der Waals surface area contributed by atoms with Crippen molar-refractivity contribution in [3.05, 3.63) is 83.3 Å². The van der Waals surface area contributed by atoms with Crippen LogP contribution in [0.4, 0.5) is 0 Å². The Bertz CT molecular complexity index is 1440. The Morgan fingerprint density at radius 1 is 1.03 bits per heavy atom. The second-order valence-electron chi connectivity index (χ2n) is 11.1. The minimum Gasteiger partial charge on any atom is -0.458 e. The molecule has 1 saturated heterocycles. The van der Waals surface area contributed by atoms with Crippen LogP contribution in [0.2, 0.25) is 0 Å². The molecule has 1 aromatic heterocycles. The number of hydrogen-bond donors (Lipinski definition) is 0. The lowest BCUT2D eigenvalue weighted by Gasteiger charge is -2.39. The molecule has 1 saturated carbocycles. The van der Waals surface area contributed by atoms with Gasteiger partial charge in [0.05, 0.1) is 12.1 Å². The van der Waals surface area contributed by atoms with Gasteiger partial charge in [-0.25, -0.2) is 13.4 Å². The summed E-state index contributed by atoms with van der Waals surface area (Å²) in [5, 5.41) is 0.0472. The summed E-state index contributed by atoms with van der Waals surface area (Å²) < 4.78 is 33.9. The van der Waals surface area contributed by atoms with E-state index in [4.69, 9.17) is 4.74 Å². The molecule has 0 radical (unpaired) electrons. The summed E-state index contributed by atoms with van der Waals surface area (Å²) in [5.74, 6) is -1.32. The predicted octanol–water partition coefficient (Wildman–Crippen LogP) is 5.12. The van der Waals surface area contributed by atoms with Crippen LogP contribution in [-0.2, 0) is 49.8 Å². The van der Waals surface area contributed by atoms with Crippen LogP contribution in [0.3, 0.4) is 0 Å². The minimum absolute atomic E-state index is 0.0472. The van der Waals surface area contributed by atoms with Gasteiger partial charge in [-0.2, -0.15) is 0 Å². The number of benzene rings is 2. The fourth-order valence-electron chi connectivity index (χ4n) is 5.88. The summed E-state index contributed by atoms with van der Waals surface area (Å²) in [6, 6.07) is 15.6. The highest BCUT2D eigenvalue weighted by Gasteiger charge is 2.46. The zero-order valence-corrected chi connectivity index (χ0v) is 23.5. The first-order valence-electron chi connectivity index (χ1n) is 13.8. The van der Waals surface area contributed by atoms with Crippen LogP contribution >= 0.6 is 0 Å². The van der Waals surface area contributed by atoms with E-state index < -0.39 is 27.3 Å². The minimum atomic E-state index is -3.63. The van der Waals surface area contributed by atoms with E-state index in [9.17, 15) is 18.0 Å². The molecule has 8 heteroatoms. The molecule has 0 amide bonds. The van der Waals surface area contributed by atoms with E-state index >= 15 is 0 Å². The van der Waals surface area contributed by atoms with Gasteiger partial charge in [0, 0.05) is 19.7 Å². The largest absolute Gasteiger partial charge is 0.458 e. The third-order valence-corrected chi connectivity index (χ3v) is 9.49. The SMILES string of the molecule is CCCC1(CCc2ccccc2)CC(=O)C(Cc2cccc(CS(=O)(=O)c3cn(C)cn3)c2C2CC2)C(=O)O1. The molecule has 3 aromatic rings. The molecule has 206 valence electrons. The molecule has 1 aliphatic carbocycles. The Balaban J connectivity index is 1.36. The molecule has 7 nitrogen and oxygen atoms in total. The van der Waals surface area contributed by atoms with Gasteiger partial charge >= 0.3 is 5.97 Å². The highest BCUT2D eigenvalue weighted by molar-refractivity contribution is 7.90. The quantitative estimate of drug-likeness (QED) is 0.244. The van der Waals surface area contributed by atoms with Crippen LogP contribution < -0.4 is 0 Å². The van der Waals surface area contributed by atoms with Crippen molar-refractivity contribution in [2.75, 3.05) is 0 Å². The fourth-order valence-corrected chi connectivity index (χ4v) is 7.22. The molecule has 2 aliphatic rings. The molecule has 39 heavy (non-hydrogen) atoms. The first-order valence-corrected chi connectivity index (χ1v) is 15.5. The Morgan fingerprint density at radius 3 is 2.41 bits per heavy atom. The topological polar surface area (TPSA) is 95.3 Å². The lowest BCUT2D eigenvalue weighted by Crippen LogP contribution is -2.48. The number of Topliss-reactive ketones (excluding diaryl/α,β-unsaturated/α-hetero) is 1. The number of hydrogen-bond acceptors (Lipinski definition) is 6. The number of nitrogens with zero attached hydrogens (tertiary/aromatic N) is 2. The van der Waals surface area contributed by atoms with Crippen LogP contribution in [-0.4, -0.2) is 35.3 Å². The number of aryl methyl sites for hydroxylation is 2. The summed E-state index contributed by atoms with van der Waals surface area (Å²) in [6.45, 7) is 2.04. The molecule has 2 heterocycles. The molecule has 0 bridgehead atoms. The molecule has 1 aliphatic heterocycles. The van der Waals surface area contributed by atoms with E-state index in [1.165, 1.54) is 12.5 Å². The Kier molecular flexibility index (Phi) is 7.76. The number of aromatic nitrogens is 2. The second-order valence-corrected chi connectivity index (χ2v) is 13.1. The van der Waals surface area contributed by atoms with E-state index in [1.807, 2.05) is 43.3 Å². The van der Waals surface area contributed by atoms with Gasteiger partial charge in [-0.3, -0.25) is 9.59 Å². The van der Waals surface area contributed by atoms with E-state index in [1.54, 1.807) is 11.6 Å². The third-order valence-electron chi connectivity index (χ3n) is 7.95. The third kappa shape index (κ3) is 6.16. The van der Waals surface area contributed by atoms with Crippen molar-refractivity contribution in [3.8, 4) is 0 Å². The summed E-state index contributed by atoms with van der Waals surface area (Å²) in [5.41, 5.74) is 2.94. The van der Waals surface area contributed by atoms with Crippen molar-refractivity contribution in [1.29, 1.82) is 0 Å². The Morgan fingerprint density at radius 2 is 1.77 bits per heavy atom. The van der Waals surface area contributed by atoms with Crippen molar-refractivity contribution in [1.82, 2.24) is 9.55 Å². The smallest absolute Gasteiger partial charge is 0.317 e. The van der Waals surface area contributed by atoms with E-state index in [-0.39, 0.29) is 35.3 Å². The van der Waals surface area contributed by atoms with Gasteiger partial charge in [0.2, 0.25) is 9.84 Å². The molecule has 5 rings (SSSR count). The average molecular weight is 549 g/mol. The van der Waals surface area contributed by atoms with Crippen LogP contribution in [0.15, 0.2) is 66.1 Å². The number of sulfone groups is 1. The highest BCUT2D eigenvalue weighted by atomic mass is 32.2. The van der Waals surface area contributed by atoms with Gasteiger partial charge in [0.25, 0.3) is 0 Å². The summed E-state index contributed by atoms with van der Waals surface area (Å²) >= 11 is 0. The van der Waals surface area contributed by atoms with E-state index in [0.717, 1.165) is 47.9 Å². The van der Waals surface area contributed by atoms with Crippen LogP contribution in [0, 0.1) is 5.92 Å². The van der Waals surface area contributed by atoms with Gasteiger partial charge in [-0.15, -0.1) is 0 Å². The number of esters is 1. The zero-order valence-electron chi connectivity index (χ0n) is 22.6. The fraction of sp³-hybridized carbons (Fsp3) is 0.452.